The molecule has 7 nitrogen and oxygen atoms in total. The van der Waals surface area contributed by atoms with Crippen LogP contribution in [-0.2, 0) is 0 Å². The number of benzene rings is 2. The Bertz CT molecular complexity index is 1480. The Hall–Kier alpha value is -3.91. The summed E-state index contributed by atoms with van der Waals surface area (Å²) in [6.45, 7) is 10.3. The molecule has 2 aromatic carbocycles. The van der Waals surface area contributed by atoms with E-state index in [1.54, 1.807) is 29.2 Å². The third-order valence-corrected chi connectivity index (χ3v) is 7.01. The molecular formula is C27H24N2O5S. The van der Waals surface area contributed by atoms with Crippen LogP contribution in [0.15, 0.2) is 64.3 Å². The smallest absolute Gasteiger partial charge is 0.297 e. The molecule has 0 saturated carbocycles. The van der Waals surface area contributed by atoms with E-state index in [4.69, 9.17) is 13.9 Å². The second-order valence-electron chi connectivity index (χ2n) is 8.15. The Morgan fingerprint density at radius 1 is 1.11 bits per heavy atom. The van der Waals surface area contributed by atoms with Gasteiger partial charge in [0.1, 0.15) is 23.7 Å². The molecule has 0 saturated heterocycles. The number of hydrogen-bond acceptors (Lipinski definition) is 7. The van der Waals surface area contributed by atoms with Gasteiger partial charge in [0.05, 0.1) is 29.3 Å². The lowest BCUT2D eigenvalue weighted by atomic mass is 9.98. The summed E-state index contributed by atoms with van der Waals surface area (Å²) in [4.78, 5) is 34.6. The molecule has 0 aliphatic carbocycles. The Morgan fingerprint density at radius 2 is 1.86 bits per heavy atom. The summed E-state index contributed by atoms with van der Waals surface area (Å²) in [5, 5.41) is 0.913. The van der Waals surface area contributed by atoms with Crippen LogP contribution in [0.2, 0.25) is 0 Å². The van der Waals surface area contributed by atoms with Crippen LogP contribution in [0.3, 0.4) is 0 Å². The summed E-state index contributed by atoms with van der Waals surface area (Å²) in [7, 11) is 0. The molecule has 1 amide bonds. The number of rotatable bonds is 7. The first-order chi connectivity index (χ1) is 16.9. The predicted molar refractivity (Wildman–Crippen MR) is 136 cm³/mol. The Balaban J connectivity index is 1.70. The zero-order chi connectivity index (χ0) is 24.7. The molecule has 35 heavy (non-hydrogen) atoms. The van der Waals surface area contributed by atoms with Gasteiger partial charge in [0.15, 0.2) is 10.6 Å². The molecule has 0 N–H and O–H groups in total. The molecule has 3 heterocycles. The van der Waals surface area contributed by atoms with Gasteiger partial charge >= 0.3 is 0 Å². The molecule has 2 aromatic heterocycles. The van der Waals surface area contributed by atoms with Crippen LogP contribution < -0.4 is 19.8 Å². The van der Waals surface area contributed by atoms with E-state index in [0.29, 0.717) is 46.4 Å². The minimum absolute atomic E-state index is 0.0265. The highest BCUT2D eigenvalue weighted by Crippen LogP contribution is 2.43. The van der Waals surface area contributed by atoms with Crippen molar-refractivity contribution in [2.75, 3.05) is 18.1 Å². The number of anilines is 1. The van der Waals surface area contributed by atoms with Gasteiger partial charge in [0.2, 0.25) is 5.76 Å². The van der Waals surface area contributed by atoms with Crippen molar-refractivity contribution in [2.45, 2.75) is 26.8 Å². The van der Waals surface area contributed by atoms with Crippen LogP contribution in [0.1, 0.15) is 45.2 Å². The quantitative estimate of drug-likeness (QED) is 0.316. The molecular weight excluding hydrogens is 464 g/mol. The van der Waals surface area contributed by atoms with Gasteiger partial charge in [0.25, 0.3) is 5.91 Å². The minimum atomic E-state index is -0.678. The standard InChI is InChI=1S/C27H24N2O5S/c1-5-13-33-18-9-7-17(8-10-18)23-22-24(30)20-12-11-19(32-6-2)14-21(20)34-25(22)26(31)29(23)27-28-15(3)16(4)35-27/h5,7-12,14,23H,1,6,13H2,2-4H3. The molecule has 0 spiro atoms. The van der Waals surface area contributed by atoms with Crippen LogP contribution in [0.4, 0.5) is 5.13 Å². The van der Waals surface area contributed by atoms with E-state index in [2.05, 4.69) is 11.6 Å². The molecule has 0 fully saturated rings. The van der Waals surface area contributed by atoms with Gasteiger partial charge in [-0.25, -0.2) is 4.98 Å². The molecule has 1 atom stereocenters. The normalized spacial score (nSPS) is 14.9. The third-order valence-electron chi connectivity index (χ3n) is 5.94. The van der Waals surface area contributed by atoms with Crippen LogP contribution >= 0.6 is 11.3 Å². The summed E-state index contributed by atoms with van der Waals surface area (Å²) in [5.74, 6) is 0.869. The van der Waals surface area contributed by atoms with E-state index in [0.717, 1.165) is 16.1 Å². The number of aromatic nitrogens is 1. The Kier molecular flexibility index (Phi) is 5.90. The highest BCUT2D eigenvalue weighted by molar-refractivity contribution is 7.15. The zero-order valence-corrected chi connectivity index (χ0v) is 20.5. The Labute approximate surface area is 206 Å². The minimum Gasteiger partial charge on any atom is -0.494 e. The maximum absolute atomic E-state index is 13.7. The number of aryl methyl sites for hydroxylation is 2. The van der Waals surface area contributed by atoms with E-state index < -0.39 is 11.9 Å². The number of thiazole rings is 1. The molecule has 178 valence electrons. The molecule has 1 aliphatic heterocycles. The maximum Gasteiger partial charge on any atom is 0.297 e. The van der Waals surface area contributed by atoms with Crippen molar-refractivity contribution in [1.82, 2.24) is 4.98 Å². The predicted octanol–water partition coefficient (Wildman–Crippen LogP) is 5.58. The number of carbonyl (C=O) groups is 1. The van der Waals surface area contributed by atoms with Crippen molar-refractivity contribution >= 4 is 33.3 Å². The lowest BCUT2D eigenvalue weighted by Gasteiger charge is -2.22. The van der Waals surface area contributed by atoms with E-state index in [1.165, 1.54) is 11.3 Å². The molecule has 8 heteroatoms. The zero-order valence-electron chi connectivity index (χ0n) is 19.7. The van der Waals surface area contributed by atoms with Crippen molar-refractivity contribution in [1.29, 1.82) is 0 Å². The molecule has 1 unspecified atom stereocenters. The second-order valence-corrected chi connectivity index (χ2v) is 9.33. The molecule has 5 rings (SSSR count). The summed E-state index contributed by atoms with van der Waals surface area (Å²) in [6, 6.07) is 11.7. The van der Waals surface area contributed by atoms with Gasteiger partial charge < -0.3 is 13.9 Å². The topological polar surface area (TPSA) is 81.9 Å². The third kappa shape index (κ3) is 3.89. The lowest BCUT2D eigenvalue weighted by molar-refractivity contribution is 0.0971. The van der Waals surface area contributed by atoms with Crippen molar-refractivity contribution in [3.63, 3.8) is 0 Å². The van der Waals surface area contributed by atoms with Crippen molar-refractivity contribution in [3.8, 4) is 11.5 Å². The van der Waals surface area contributed by atoms with Crippen LogP contribution in [-0.4, -0.2) is 24.1 Å². The first-order valence-electron chi connectivity index (χ1n) is 11.3. The molecule has 0 bridgehead atoms. The van der Waals surface area contributed by atoms with Gasteiger partial charge in [0, 0.05) is 10.9 Å². The number of fused-ring (bicyclic) bond motifs is 2. The van der Waals surface area contributed by atoms with Crippen molar-refractivity contribution in [2.24, 2.45) is 0 Å². The number of carbonyl (C=O) groups excluding carboxylic acids is 1. The van der Waals surface area contributed by atoms with E-state index in [1.807, 2.05) is 45.0 Å². The molecule has 1 aliphatic rings. The number of nitrogens with zero attached hydrogens (tertiary/aromatic N) is 2. The van der Waals surface area contributed by atoms with Gasteiger partial charge in [-0.1, -0.05) is 24.8 Å². The second kappa shape index (κ2) is 9.03. The summed E-state index contributed by atoms with van der Waals surface area (Å²) >= 11 is 1.41. The highest BCUT2D eigenvalue weighted by Gasteiger charge is 2.45. The SMILES string of the molecule is C=CCOc1ccc(C2c3c(oc4cc(OCC)ccc4c3=O)C(=O)N2c2nc(C)c(C)s2)cc1. The molecule has 4 aromatic rings. The van der Waals surface area contributed by atoms with E-state index >= 15 is 0 Å². The summed E-state index contributed by atoms with van der Waals surface area (Å²) < 4.78 is 17.2. The number of hydrogen-bond donors (Lipinski definition) is 0. The first kappa shape index (κ1) is 22.9. The van der Waals surface area contributed by atoms with Gasteiger partial charge in [-0.15, -0.1) is 11.3 Å². The highest BCUT2D eigenvalue weighted by atomic mass is 32.1. The van der Waals surface area contributed by atoms with Crippen LogP contribution in [0.5, 0.6) is 11.5 Å². The van der Waals surface area contributed by atoms with Crippen LogP contribution in [0, 0.1) is 13.8 Å². The fourth-order valence-electron chi connectivity index (χ4n) is 4.18. The van der Waals surface area contributed by atoms with Gasteiger partial charge in [-0.3, -0.25) is 14.5 Å². The lowest BCUT2D eigenvalue weighted by Crippen LogP contribution is -2.29. The van der Waals surface area contributed by atoms with E-state index in [9.17, 15) is 9.59 Å². The summed E-state index contributed by atoms with van der Waals surface area (Å²) in [5.41, 5.74) is 1.96. The fraction of sp³-hybridized carbons (Fsp3) is 0.222. The van der Waals surface area contributed by atoms with Crippen LogP contribution in [0.25, 0.3) is 11.0 Å². The van der Waals surface area contributed by atoms with Crippen molar-refractivity contribution < 1.29 is 18.7 Å². The van der Waals surface area contributed by atoms with Gasteiger partial charge in [-0.05, 0) is 50.6 Å². The monoisotopic (exact) mass is 488 g/mol. The summed E-state index contributed by atoms with van der Waals surface area (Å²) in [6.07, 6.45) is 1.67. The number of amides is 1. The van der Waals surface area contributed by atoms with E-state index in [-0.39, 0.29) is 11.2 Å². The van der Waals surface area contributed by atoms with Gasteiger partial charge in [-0.2, -0.15) is 0 Å². The largest absolute Gasteiger partial charge is 0.494 e. The first-order valence-corrected chi connectivity index (χ1v) is 12.1. The maximum atomic E-state index is 13.7. The Morgan fingerprint density at radius 3 is 2.51 bits per heavy atom. The molecule has 0 radical (unpaired) electrons. The average Bonchev–Trinajstić information content (AvgIpc) is 3.34. The average molecular weight is 489 g/mol. The number of ether oxygens (including phenoxy) is 2. The fourth-order valence-corrected chi connectivity index (χ4v) is 5.12. The van der Waals surface area contributed by atoms with Crippen molar-refractivity contribution in [3.05, 3.63) is 92.8 Å².